The van der Waals surface area contributed by atoms with E-state index in [1.54, 1.807) is 19.1 Å². The number of para-hydroxylation sites is 1. The number of aryl methyl sites for hydroxylation is 1. The third-order valence-corrected chi connectivity index (χ3v) is 2.34. The summed E-state index contributed by atoms with van der Waals surface area (Å²) in [6.07, 6.45) is 0.512. The van der Waals surface area contributed by atoms with E-state index in [4.69, 9.17) is 9.15 Å². The molecule has 0 spiro atoms. The number of carbonyl (C=O) groups is 1. The van der Waals surface area contributed by atoms with Crippen LogP contribution in [0, 0.1) is 6.92 Å². The van der Waals surface area contributed by atoms with Crippen LogP contribution < -0.4 is 10.1 Å². The summed E-state index contributed by atoms with van der Waals surface area (Å²) in [6.45, 7) is 2.16. The van der Waals surface area contributed by atoms with E-state index >= 15 is 0 Å². The van der Waals surface area contributed by atoms with Crippen molar-refractivity contribution in [2.45, 2.75) is 13.3 Å². The number of hydrogen-bond acceptors (Lipinski definition) is 5. The molecular formula is C13H15N3O3. The predicted molar refractivity (Wildman–Crippen MR) is 67.7 cm³/mol. The largest absolute Gasteiger partial charge is 0.484 e. The molecule has 1 N–H and O–H groups in total. The number of aromatic nitrogens is 2. The lowest BCUT2D eigenvalue weighted by molar-refractivity contribution is -0.123. The van der Waals surface area contributed by atoms with Crippen LogP contribution in [0.3, 0.4) is 0 Å². The van der Waals surface area contributed by atoms with Gasteiger partial charge in [-0.05, 0) is 12.1 Å². The van der Waals surface area contributed by atoms with Crippen molar-refractivity contribution >= 4 is 5.91 Å². The summed E-state index contributed by atoms with van der Waals surface area (Å²) in [5.74, 6) is 1.53. The van der Waals surface area contributed by atoms with Gasteiger partial charge in [0.25, 0.3) is 5.91 Å². The third-order valence-electron chi connectivity index (χ3n) is 2.34. The van der Waals surface area contributed by atoms with Gasteiger partial charge in [-0.25, -0.2) is 0 Å². The summed E-state index contributed by atoms with van der Waals surface area (Å²) < 4.78 is 10.5. The maximum Gasteiger partial charge on any atom is 0.257 e. The molecule has 0 fully saturated rings. The van der Waals surface area contributed by atoms with Gasteiger partial charge in [0, 0.05) is 19.9 Å². The lowest BCUT2D eigenvalue weighted by Gasteiger charge is -2.06. The number of rotatable bonds is 6. The molecule has 0 aliphatic heterocycles. The summed E-state index contributed by atoms with van der Waals surface area (Å²) in [4.78, 5) is 11.5. The van der Waals surface area contributed by atoms with Crippen molar-refractivity contribution in [2.24, 2.45) is 0 Å². The van der Waals surface area contributed by atoms with Gasteiger partial charge in [0.2, 0.25) is 11.8 Å². The Hall–Kier alpha value is -2.37. The van der Waals surface area contributed by atoms with Crippen molar-refractivity contribution in [3.05, 3.63) is 42.1 Å². The fourth-order valence-corrected chi connectivity index (χ4v) is 1.46. The minimum atomic E-state index is -0.180. The average molecular weight is 261 g/mol. The first-order chi connectivity index (χ1) is 9.24. The maximum atomic E-state index is 11.5. The summed E-state index contributed by atoms with van der Waals surface area (Å²) in [6, 6.07) is 9.19. The number of ether oxygens (including phenoxy) is 1. The smallest absolute Gasteiger partial charge is 0.257 e. The molecule has 100 valence electrons. The zero-order chi connectivity index (χ0) is 13.5. The Morgan fingerprint density at radius 2 is 2.11 bits per heavy atom. The maximum absolute atomic E-state index is 11.5. The topological polar surface area (TPSA) is 77.2 Å². The van der Waals surface area contributed by atoms with E-state index in [0.717, 1.165) is 0 Å². The van der Waals surface area contributed by atoms with Crippen molar-refractivity contribution in [1.29, 1.82) is 0 Å². The molecule has 6 nitrogen and oxygen atoms in total. The second-order valence-corrected chi connectivity index (χ2v) is 3.92. The number of benzene rings is 1. The zero-order valence-electron chi connectivity index (χ0n) is 10.6. The Kier molecular flexibility index (Phi) is 4.49. The first kappa shape index (κ1) is 13.1. The van der Waals surface area contributed by atoms with Crippen LogP contribution in [0.1, 0.15) is 11.8 Å². The number of nitrogens with zero attached hydrogens (tertiary/aromatic N) is 2. The van der Waals surface area contributed by atoms with E-state index in [9.17, 15) is 4.79 Å². The van der Waals surface area contributed by atoms with Gasteiger partial charge in [-0.2, -0.15) is 0 Å². The Morgan fingerprint density at radius 3 is 2.79 bits per heavy atom. The molecule has 1 amide bonds. The van der Waals surface area contributed by atoms with E-state index in [2.05, 4.69) is 15.5 Å². The predicted octanol–water partition coefficient (Wildman–Crippen LogP) is 1.12. The summed E-state index contributed by atoms with van der Waals surface area (Å²) in [5.41, 5.74) is 0. The van der Waals surface area contributed by atoms with Crippen LogP contribution in [0.25, 0.3) is 0 Å². The van der Waals surface area contributed by atoms with Crippen molar-refractivity contribution in [2.75, 3.05) is 13.2 Å². The van der Waals surface area contributed by atoms with Crippen molar-refractivity contribution in [3.63, 3.8) is 0 Å². The van der Waals surface area contributed by atoms with Gasteiger partial charge in [-0.1, -0.05) is 18.2 Å². The second kappa shape index (κ2) is 6.53. The van der Waals surface area contributed by atoms with Crippen molar-refractivity contribution < 1.29 is 13.9 Å². The minimum absolute atomic E-state index is 0.00707. The first-order valence-electron chi connectivity index (χ1n) is 5.97. The minimum Gasteiger partial charge on any atom is -0.484 e. The standard InChI is InChI=1S/C13H15N3O3/c1-10-15-16-13(19-10)7-8-14-12(17)9-18-11-5-3-2-4-6-11/h2-6H,7-9H2,1H3,(H,14,17). The summed E-state index contributed by atoms with van der Waals surface area (Å²) in [7, 11) is 0. The van der Waals surface area contributed by atoms with Crippen LogP contribution in [0.15, 0.2) is 34.7 Å². The van der Waals surface area contributed by atoms with Crippen LogP contribution in [0.2, 0.25) is 0 Å². The lowest BCUT2D eigenvalue weighted by atomic mass is 10.3. The molecule has 2 rings (SSSR count). The highest BCUT2D eigenvalue weighted by Gasteiger charge is 2.05. The van der Waals surface area contributed by atoms with Crippen molar-refractivity contribution in [1.82, 2.24) is 15.5 Å². The molecule has 1 aromatic carbocycles. The fourth-order valence-electron chi connectivity index (χ4n) is 1.46. The van der Waals surface area contributed by atoms with Crippen LogP contribution in [-0.2, 0) is 11.2 Å². The molecule has 6 heteroatoms. The molecule has 0 radical (unpaired) electrons. The Labute approximate surface area is 110 Å². The van der Waals surface area contributed by atoms with Crippen LogP contribution >= 0.6 is 0 Å². The molecule has 0 bridgehead atoms. The molecule has 1 heterocycles. The SMILES string of the molecule is Cc1nnc(CCNC(=O)COc2ccccc2)o1. The molecule has 1 aromatic heterocycles. The van der Waals surface area contributed by atoms with Crippen LogP contribution in [0.5, 0.6) is 5.75 Å². The molecule has 0 aliphatic carbocycles. The van der Waals surface area contributed by atoms with E-state index in [-0.39, 0.29) is 12.5 Å². The van der Waals surface area contributed by atoms with E-state index < -0.39 is 0 Å². The van der Waals surface area contributed by atoms with Crippen LogP contribution in [0.4, 0.5) is 0 Å². The van der Waals surface area contributed by atoms with E-state index in [1.807, 2.05) is 18.2 Å². The Balaban J connectivity index is 1.65. The normalized spacial score (nSPS) is 10.2. The quantitative estimate of drug-likeness (QED) is 0.843. The first-order valence-corrected chi connectivity index (χ1v) is 5.97. The third kappa shape index (κ3) is 4.42. The summed E-state index contributed by atoms with van der Waals surface area (Å²) in [5, 5.41) is 10.3. The molecule has 0 saturated heterocycles. The van der Waals surface area contributed by atoms with E-state index in [0.29, 0.717) is 30.5 Å². The van der Waals surface area contributed by atoms with Gasteiger partial charge < -0.3 is 14.5 Å². The summed E-state index contributed by atoms with van der Waals surface area (Å²) >= 11 is 0. The molecule has 19 heavy (non-hydrogen) atoms. The van der Waals surface area contributed by atoms with Gasteiger partial charge in [0.1, 0.15) is 5.75 Å². The number of nitrogens with one attached hydrogen (secondary N) is 1. The average Bonchev–Trinajstić information content (AvgIpc) is 2.83. The zero-order valence-corrected chi connectivity index (χ0v) is 10.6. The van der Waals surface area contributed by atoms with Crippen molar-refractivity contribution in [3.8, 4) is 5.75 Å². The molecule has 0 aliphatic rings. The second-order valence-electron chi connectivity index (χ2n) is 3.92. The fraction of sp³-hybridized carbons (Fsp3) is 0.308. The monoisotopic (exact) mass is 261 g/mol. The highest BCUT2D eigenvalue weighted by molar-refractivity contribution is 5.77. The van der Waals surface area contributed by atoms with Gasteiger partial charge in [0.15, 0.2) is 6.61 Å². The Bertz CT molecular complexity index is 525. The van der Waals surface area contributed by atoms with Gasteiger partial charge >= 0.3 is 0 Å². The lowest BCUT2D eigenvalue weighted by Crippen LogP contribution is -2.30. The van der Waals surface area contributed by atoms with Gasteiger partial charge in [-0.15, -0.1) is 10.2 Å². The van der Waals surface area contributed by atoms with Crippen LogP contribution in [-0.4, -0.2) is 29.3 Å². The highest BCUT2D eigenvalue weighted by atomic mass is 16.5. The number of carbonyl (C=O) groups excluding carboxylic acids is 1. The van der Waals surface area contributed by atoms with E-state index in [1.165, 1.54) is 0 Å². The molecule has 0 unspecified atom stereocenters. The van der Waals surface area contributed by atoms with Gasteiger partial charge in [-0.3, -0.25) is 4.79 Å². The van der Waals surface area contributed by atoms with Gasteiger partial charge in [0.05, 0.1) is 0 Å². The molecular weight excluding hydrogens is 246 g/mol. The molecule has 0 atom stereocenters. The molecule has 2 aromatic rings. The number of hydrogen-bond donors (Lipinski definition) is 1. The highest BCUT2D eigenvalue weighted by Crippen LogP contribution is 2.07. The number of amides is 1. The molecule has 0 saturated carbocycles. The Morgan fingerprint density at radius 1 is 1.32 bits per heavy atom.